The summed E-state index contributed by atoms with van der Waals surface area (Å²) in [5.74, 6) is 0.306. The van der Waals surface area contributed by atoms with Gasteiger partial charge in [0.1, 0.15) is 0 Å². The molecule has 0 saturated carbocycles. The highest BCUT2D eigenvalue weighted by atomic mass is 32.1. The molecule has 0 spiro atoms. The van der Waals surface area contributed by atoms with E-state index < -0.39 is 0 Å². The minimum Gasteiger partial charge on any atom is -0.354 e. The zero-order valence-corrected chi connectivity index (χ0v) is 12.9. The molecule has 0 fully saturated rings. The van der Waals surface area contributed by atoms with E-state index >= 15 is 0 Å². The van der Waals surface area contributed by atoms with Gasteiger partial charge < -0.3 is 5.32 Å². The molecule has 0 aromatic carbocycles. The Kier molecular flexibility index (Phi) is 7.88. The molecular weight excluding hydrogens is 232 g/mol. The molecule has 0 aliphatic carbocycles. The molecule has 0 aliphatic heterocycles. The second-order valence-electron chi connectivity index (χ2n) is 5.41. The van der Waals surface area contributed by atoms with E-state index in [9.17, 15) is 4.79 Å². The Morgan fingerprint density at radius 3 is 1.94 bits per heavy atom. The summed E-state index contributed by atoms with van der Waals surface area (Å²) in [6.45, 7) is 14.3. The van der Waals surface area contributed by atoms with Gasteiger partial charge in [0.15, 0.2) is 0 Å². The predicted octanol–water partition coefficient (Wildman–Crippen LogP) is 2.18. The fourth-order valence-corrected chi connectivity index (χ4v) is 1.92. The van der Waals surface area contributed by atoms with Crippen molar-refractivity contribution >= 4 is 18.5 Å². The van der Waals surface area contributed by atoms with Crippen LogP contribution in [0.5, 0.6) is 0 Å². The fourth-order valence-electron chi connectivity index (χ4n) is 1.83. The molecule has 0 aromatic rings. The number of hydrogen-bond donors (Lipinski definition) is 2. The molecule has 0 rings (SSSR count). The number of hydrogen-bond acceptors (Lipinski definition) is 3. The second kappa shape index (κ2) is 7.98. The lowest BCUT2D eigenvalue weighted by Crippen LogP contribution is -2.44. The van der Waals surface area contributed by atoms with Crippen LogP contribution in [0.15, 0.2) is 0 Å². The first-order valence-corrected chi connectivity index (χ1v) is 7.00. The summed E-state index contributed by atoms with van der Waals surface area (Å²) in [5, 5.41) is 2.74. The molecule has 0 bridgehead atoms. The molecule has 0 radical (unpaired) electrons. The molecule has 0 saturated heterocycles. The third-order valence-corrected chi connectivity index (χ3v) is 3.73. The maximum atomic E-state index is 11.7. The number of carbonyl (C=O) groups is 1. The van der Waals surface area contributed by atoms with Crippen LogP contribution in [0, 0.1) is 5.92 Å². The van der Waals surface area contributed by atoms with Crippen LogP contribution in [-0.4, -0.2) is 41.2 Å². The molecule has 0 heterocycles. The van der Waals surface area contributed by atoms with Crippen molar-refractivity contribution in [2.24, 2.45) is 5.92 Å². The van der Waals surface area contributed by atoms with Gasteiger partial charge >= 0.3 is 0 Å². The number of nitrogens with one attached hydrogen (secondary N) is 1. The lowest BCUT2D eigenvalue weighted by Gasteiger charge is -2.30. The van der Waals surface area contributed by atoms with E-state index in [1.807, 2.05) is 13.8 Å². The zero-order chi connectivity index (χ0) is 13.6. The van der Waals surface area contributed by atoms with Crippen molar-refractivity contribution in [1.82, 2.24) is 10.2 Å². The van der Waals surface area contributed by atoms with Gasteiger partial charge in [0.05, 0.1) is 5.25 Å². The van der Waals surface area contributed by atoms with Gasteiger partial charge in [-0.25, -0.2) is 0 Å². The minimum atomic E-state index is -0.207. The molecule has 102 valence electrons. The Morgan fingerprint density at radius 1 is 1.12 bits per heavy atom. The standard InChI is InChI=1S/C13H28N2OS/c1-9(2)12(17)13(16)14-7-8-15(10(3)4)11(5)6/h9-12,17H,7-8H2,1-6H3,(H,14,16). The quantitative estimate of drug-likeness (QED) is 0.688. The van der Waals surface area contributed by atoms with E-state index in [2.05, 4.69) is 50.5 Å². The Morgan fingerprint density at radius 2 is 1.59 bits per heavy atom. The van der Waals surface area contributed by atoms with E-state index in [4.69, 9.17) is 0 Å². The molecule has 1 unspecified atom stereocenters. The smallest absolute Gasteiger partial charge is 0.233 e. The number of thiol groups is 1. The van der Waals surface area contributed by atoms with Gasteiger partial charge in [0.25, 0.3) is 0 Å². The summed E-state index contributed by atoms with van der Waals surface area (Å²) in [6, 6.07) is 1.01. The van der Waals surface area contributed by atoms with Crippen LogP contribution in [0.3, 0.4) is 0 Å². The van der Waals surface area contributed by atoms with Crippen molar-refractivity contribution in [2.45, 2.75) is 58.9 Å². The molecule has 1 amide bonds. The van der Waals surface area contributed by atoms with Crippen LogP contribution in [0.4, 0.5) is 0 Å². The maximum Gasteiger partial charge on any atom is 0.233 e. The molecule has 17 heavy (non-hydrogen) atoms. The Hall–Kier alpha value is -0.220. The fraction of sp³-hybridized carbons (Fsp3) is 0.923. The molecule has 4 heteroatoms. The van der Waals surface area contributed by atoms with Crippen molar-refractivity contribution in [2.75, 3.05) is 13.1 Å². The van der Waals surface area contributed by atoms with Crippen molar-refractivity contribution in [3.63, 3.8) is 0 Å². The summed E-state index contributed by atoms with van der Waals surface area (Å²) in [6.07, 6.45) is 0. The van der Waals surface area contributed by atoms with Crippen LogP contribution in [0.2, 0.25) is 0 Å². The molecule has 0 aliphatic rings. The summed E-state index contributed by atoms with van der Waals surface area (Å²) >= 11 is 4.30. The molecule has 0 aromatic heterocycles. The monoisotopic (exact) mass is 260 g/mol. The lowest BCUT2D eigenvalue weighted by atomic mass is 10.1. The number of nitrogens with zero attached hydrogens (tertiary/aromatic N) is 1. The highest BCUT2D eigenvalue weighted by Crippen LogP contribution is 2.08. The third kappa shape index (κ3) is 6.32. The first kappa shape index (κ1) is 16.8. The van der Waals surface area contributed by atoms with Gasteiger partial charge in [0.2, 0.25) is 5.91 Å². The van der Waals surface area contributed by atoms with E-state index in [1.54, 1.807) is 0 Å². The topological polar surface area (TPSA) is 32.3 Å². The maximum absolute atomic E-state index is 11.7. The van der Waals surface area contributed by atoms with Gasteiger partial charge in [-0.15, -0.1) is 0 Å². The first-order valence-electron chi connectivity index (χ1n) is 6.48. The van der Waals surface area contributed by atoms with Gasteiger partial charge in [-0.05, 0) is 33.6 Å². The minimum absolute atomic E-state index is 0.0378. The summed E-state index contributed by atoms with van der Waals surface area (Å²) in [4.78, 5) is 14.1. The van der Waals surface area contributed by atoms with Crippen LogP contribution in [0.25, 0.3) is 0 Å². The van der Waals surface area contributed by atoms with Gasteiger partial charge in [0, 0.05) is 25.2 Å². The van der Waals surface area contributed by atoms with Crippen LogP contribution >= 0.6 is 12.6 Å². The van der Waals surface area contributed by atoms with Crippen molar-refractivity contribution in [3.8, 4) is 0 Å². The Labute approximate surface area is 112 Å². The van der Waals surface area contributed by atoms with E-state index in [0.717, 1.165) is 6.54 Å². The Bertz CT molecular complexity index is 221. The predicted molar refractivity (Wildman–Crippen MR) is 77.6 cm³/mol. The van der Waals surface area contributed by atoms with Crippen LogP contribution in [-0.2, 0) is 4.79 Å². The highest BCUT2D eigenvalue weighted by Gasteiger charge is 2.18. The molecule has 1 atom stereocenters. The van der Waals surface area contributed by atoms with Crippen LogP contribution < -0.4 is 5.32 Å². The third-order valence-electron chi connectivity index (χ3n) is 2.90. The van der Waals surface area contributed by atoms with E-state index in [1.165, 1.54) is 0 Å². The van der Waals surface area contributed by atoms with E-state index in [-0.39, 0.29) is 17.1 Å². The molecular formula is C13H28N2OS. The van der Waals surface area contributed by atoms with Crippen molar-refractivity contribution in [1.29, 1.82) is 0 Å². The average molecular weight is 260 g/mol. The van der Waals surface area contributed by atoms with Crippen molar-refractivity contribution < 1.29 is 4.79 Å². The number of carbonyl (C=O) groups excluding carboxylic acids is 1. The van der Waals surface area contributed by atoms with Crippen LogP contribution in [0.1, 0.15) is 41.5 Å². The average Bonchev–Trinajstić information content (AvgIpc) is 2.21. The highest BCUT2D eigenvalue weighted by molar-refractivity contribution is 7.81. The number of amides is 1. The van der Waals surface area contributed by atoms with E-state index in [0.29, 0.717) is 18.6 Å². The SMILES string of the molecule is CC(C)C(S)C(=O)NCCN(C(C)C)C(C)C. The first-order chi connectivity index (χ1) is 7.77. The van der Waals surface area contributed by atoms with Crippen molar-refractivity contribution in [3.05, 3.63) is 0 Å². The van der Waals surface area contributed by atoms with Gasteiger partial charge in [-0.3, -0.25) is 9.69 Å². The van der Waals surface area contributed by atoms with Gasteiger partial charge in [-0.2, -0.15) is 12.6 Å². The Balaban J connectivity index is 4.01. The lowest BCUT2D eigenvalue weighted by molar-refractivity contribution is -0.121. The number of rotatable bonds is 7. The zero-order valence-electron chi connectivity index (χ0n) is 12.0. The van der Waals surface area contributed by atoms with Gasteiger partial charge in [-0.1, -0.05) is 13.8 Å². The molecule has 3 nitrogen and oxygen atoms in total. The molecule has 1 N–H and O–H groups in total. The largest absolute Gasteiger partial charge is 0.354 e. The normalized spacial score (nSPS) is 13.8. The summed E-state index contributed by atoms with van der Waals surface area (Å²) < 4.78 is 0. The summed E-state index contributed by atoms with van der Waals surface area (Å²) in [5.41, 5.74) is 0. The summed E-state index contributed by atoms with van der Waals surface area (Å²) in [7, 11) is 0. The second-order valence-corrected chi connectivity index (χ2v) is 5.96.